The van der Waals surface area contributed by atoms with Gasteiger partial charge < -0.3 is 10.2 Å². The Labute approximate surface area is 152 Å². The average Bonchev–Trinajstić information content (AvgIpc) is 3.18. The van der Waals surface area contributed by atoms with Crippen LogP contribution in [0.2, 0.25) is 0 Å². The topological polar surface area (TPSA) is 32.3 Å². The number of carbonyl (C=O) groups excluding carboxylic acids is 1. The molecule has 0 radical (unpaired) electrons. The van der Waals surface area contributed by atoms with E-state index in [9.17, 15) is 26.7 Å². The molecule has 144 valence electrons. The van der Waals surface area contributed by atoms with Gasteiger partial charge in [0.2, 0.25) is 11.7 Å². The van der Waals surface area contributed by atoms with Crippen molar-refractivity contribution in [2.75, 3.05) is 23.3 Å². The molecule has 27 heavy (non-hydrogen) atoms. The Morgan fingerprint density at radius 3 is 2.07 bits per heavy atom. The van der Waals surface area contributed by atoms with Crippen molar-refractivity contribution in [2.45, 2.75) is 26.2 Å². The summed E-state index contributed by atoms with van der Waals surface area (Å²) in [6, 6.07) is 5.34. The van der Waals surface area contributed by atoms with E-state index >= 15 is 0 Å². The largest absolute Gasteiger partial charge is 0.372 e. The van der Waals surface area contributed by atoms with E-state index in [1.54, 1.807) is 13.0 Å². The van der Waals surface area contributed by atoms with E-state index in [2.05, 4.69) is 10.2 Å². The second kappa shape index (κ2) is 7.54. The lowest BCUT2D eigenvalue weighted by Gasteiger charge is -2.19. The number of hydrogen-bond acceptors (Lipinski definition) is 2. The molecule has 3 nitrogen and oxygen atoms in total. The molecule has 1 aliphatic rings. The number of benzene rings is 2. The fraction of sp³-hybridized carbons (Fsp3) is 0.316. The summed E-state index contributed by atoms with van der Waals surface area (Å²) in [5, 5.41) is 2.46. The molecule has 0 spiro atoms. The Kier molecular flexibility index (Phi) is 5.34. The zero-order valence-corrected chi connectivity index (χ0v) is 14.5. The summed E-state index contributed by atoms with van der Waals surface area (Å²) in [5.74, 6) is -11.3. The predicted octanol–water partition coefficient (Wildman–Crippen LogP) is 4.47. The first-order chi connectivity index (χ1) is 12.8. The second-order valence-corrected chi connectivity index (χ2v) is 6.47. The third kappa shape index (κ3) is 3.74. The highest BCUT2D eigenvalue weighted by molar-refractivity contribution is 5.93. The van der Waals surface area contributed by atoms with Crippen molar-refractivity contribution in [1.29, 1.82) is 0 Å². The van der Waals surface area contributed by atoms with Crippen LogP contribution in [0, 0.1) is 36.0 Å². The van der Waals surface area contributed by atoms with Crippen molar-refractivity contribution in [3.05, 3.63) is 58.4 Å². The lowest BCUT2D eigenvalue weighted by atomic mass is 10.1. The first-order valence-corrected chi connectivity index (χ1v) is 8.45. The number of rotatable bonds is 4. The molecule has 0 bridgehead atoms. The highest BCUT2D eigenvalue weighted by Crippen LogP contribution is 2.27. The first-order valence-electron chi connectivity index (χ1n) is 8.45. The van der Waals surface area contributed by atoms with Crippen LogP contribution in [-0.2, 0) is 11.2 Å². The predicted molar refractivity (Wildman–Crippen MR) is 91.2 cm³/mol. The fourth-order valence-electron chi connectivity index (χ4n) is 3.12. The number of amides is 1. The lowest BCUT2D eigenvalue weighted by Crippen LogP contribution is -2.20. The molecule has 2 aromatic carbocycles. The Hall–Kier alpha value is -2.64. The van der Waals surface area contributed by atoms with Crippen LogP contribution in [0.25, 0.3) is 0 Å². The number of hydrogen-bond donors (Lipinski definition) is 1. The number of nitrogens with zero attached hydrogens (tertiary/aromatic N) is 1. The highest BCUT2D eigenvalue weighted by atomic mass is 19.2. The molecule has 1 aliphatic heterocycles. The molecule has 0 aromatic heterocycles. The summed E-state index contributed by atoms with van der Waals surface area (Å²) >= 11 is 0. The molecule has 0 unspecified atom stereocenters. The van der Waals surface area contributed by atoms with Crippen LogP contribution in [-0.4, -0.2) is 19.0 Å². The summed E-state index contributed by atoms with van der Waals surface area (Å²) in [6.07, 6.45) is 1.25. The van der Waals surface area contributed by atoms with Gasteiger partial charge in [-0.1, -0.05) is 0 Å². The summed E-state index contributed by atoms with van der Waals surface area (Å²) in [7, 11) is 0. The van der Waals surface area contributed by atoms with Gasteiger partial charge >= 0.3 is 0 Å². The number of nitrogens with one attached hydrogen (secondary N) is 1. The van der Waals surface area contributed by atoms with Crippen LogP contribution in [0.3, 0.4) is 0 Å². The van der Waals surface area contributed by atoms with E-state index in [-0.39, 0.29) is 0 Å². The zero-order valence-electron chi connectivity index (χ0n) is 14.5. The van der Waals surface area contributed by atoms with Crippen molar-refractivity contribution in [1.82, 2.24) is 0 Å². The van der Waals surface area contributed by atoms with Crippen molar-refractivity contribution in [2.24, 2.45) is 0 Å². The molecule has 1 amide bonds. The van der Waals surface area contributed by atoms with Gasteiger partial charge in [-0.3, -0.25) is 4.79 Å². The molecule has 8 heteroatoms. The van der Waals surface area contributed by atoms with Gasteiger partial charge in [0.25, 0.3) is 0 Å². The lowest BCUT2D eigenvalue weighted by molar-refractivity contribution is -0.115. The Morgan fingerprint density at radius 2 is 1.52 bits per heavy atom. The average molecular weight is 384 g/mol. The van der Waals surface area contributed by atoms with Gasteiger partial charge in [-0.05, 0) is 43.5 Å². The van der Waals surface area contributed by atoms with E-state index in [4.69, 9.17) is 0 Å². The molecule has 1 N–H and O–H groups in total. The van der Waals surface area contributed by atoms with Crippen LogP contribution >= 0.6 is 0 Å². The van der Waals surface area contributed by atoms with Gasteiger partial charge in [-0.2, -0.15) is 0 Å². The quantitative estimate of drug-likeness (QED) is 0.479. The number of halogens is 5. The van der Waals surface area contributed by atoms with Crippen LogP contribution in [0.15, 0.2) is 18.2 Å². The maximum absolute atomic E-state index is 13.7. The highest BCUT2D eigenvalue weighted by Gasteiger charge is 2.27. The van der Waals surface area contributed by atoms with E-state index in [0.717, 1.165) is 37.2 Å². The maximum Gasteiger partial charge on any atom is 0.229 e. The normalized spacial score (nSPS) is 13.9. The van der Waals surface area contributed by atoms with E-state index < -0.39 is 47.0 Å². The van der Waals surface area contributed by atoms with E-state index in [0.29, 0.717) is 5.69 Å². The molecular formula is C19H17F5N2O. The molecule has 0 aliphatic carbocycles. The van der Waals surface area contributed by atoms with Crippen LogP contribution in [0.1, 0.15) is 24.0 Å². The number of carbonyl (C=O) groups is 1. The van der Waals surface area contributed by atoms with Crippen molar-refractivity contribution in [3.63, 3.8) is 0 Å². The molecule has 0 atom stereocenters. The standard InChI is InChI=1S/C19H17F5N2O/c1-10-8-11(26-6-2-3-7-26)4-5-13(10)25-14(27)9-12-15(20)17(22)19(24)18(23)16(12)21/h4-5,8H,2-3,6-7,9H2,1H3,(H,25,27). The zero-order chi connectivity index (χ0) is 19.7. The van der Waals surface area contributed by atoms with Gasteiger partial charge in [0.05, 0.1) is 6.42 Å². The maximum atomic E-state index is 13.7. The van der Waals surface area contributed by atoms with Crippen molar-refractivity contribution < 1.29 is 26.7 Å². The molecule has 2 aromatic rings. The van der Waals surface area contributed by atoms with Gasteiger partial charge in [-0.15, -0.1) is 0 Å². The van der Waals surface area contributed by atoms with Gasteiger partial charge in [-0.25, -0.2) is 22.0 Å². The molecule has 1 heterocycles. The van der Waals surface area contributed by atoms with Gasteiger partial charge in [0.15, 0.2) is 23.3 Å². The second-order valence-electron chi connectivity index (χ2n) is 6.47. The minimum absolute atomic E-state index is 0.409. The van der Waals surface area contributed by atoms with Crippen molar-refractivity contribution in [3.8, 4) is 0 Å². The third-order valence-electron chi connectivity index (χ3n) is 4.59. The summed E-state index contributed by atoms with van der Waals surface area (Å²) in [5.41, 5.74) is 0.981. The Balaban J connectivity index is 1.77. The van der Waals surface area contributed by atoms with Gasteiger partial charge in [0.1, 0.15) is 0 Å². The molecular weight excluding hydrogens is 367 g/mol. The monoisotopic (exact) mass is 384 g/mol. The van der Waals surface area contributed by atoms with Crippen LogP contribution in [0.5, 0.6) is 0 Å². The molecule has 3 rings (SSSR count). The Morgan fingerprint density at radius 1 is 0.963 bits per heavy atom. The van der Waals surface area contributed by atoms with E-state index in [1.165, 1.54) is 0 Å². The minimum Gasteiger partial charge on any atom is -0.372 e. The van der Waals surface area contributed by atoms with Crippen molar-refractivity contribution >= 4 is 17.3 Å². The van der Waals surface area contributed by atoms with Gasteiger partial charge in [0, 0.05) is 30.0 Å². The number of aryl methyl sites for hydroxylation is 1. The SMILES string of the molecule is Cc1cc(N2CCCC2)ccc1NC(=O)Cc1c(F)c(F)c(F)c(F)c1F. The first kappa shape index (κ1) is 19.1. The molecule has 1 fully saturated rings. The minimum atomic E-state index is -2.25. The van der Waals surface area contributed by atoms with E-state index in [1.807, 2.05) is 12.1 Å². The fourth-order valence-corrected chi connectivity index (χ4v) is 3.12. The third-order valence-corrected chi connectivity index (χ3v) is 4.59. The summed E-state index contributed by atoms with van der Waals surface area (Å²) in [6.45, 7) is 3.66. The summed E-state index contributed by atoms with van der Waals surface area (Å²) in [4.78, 5) is 14.3. The smallest absolute Gasteiger partial charge is 0.229 e. The van der Waals surface area contributed by atoms with Crippen LogP contribution in [0.4, 0.5) is 33.3 Å². The summed E-state index contributed by atoms with van der Waals surface area (Å²) < 4.78 is 66.9. The van der Waals surface area contributed by atoms with Crippen LogP contribution < -0.4 is 10.2 Å². The number of anilines is 2. The Bertz CT molecular complexity index is 865. The molecule has 1 saturated heterocycles. The molecule has 0 saturated carbocycles.